The van der Waals surface area contributed by atoms with E-state index in [9.17, 15) is 9.59 Å². The first-order valence-electron chi connectivity index (χ1n) is 11.1. The Morgan fingerprint density at radius 3 is 2.53 bits per heavy atom. The van der Waals surface area contributed by atoms with Crippen molar-refractivity contribution in [2.24, 2.45) is 11.7 Å². The van der Waals surface area contributed by atoms with Gasteiger partial charge in [0.05, 0.1) is 24.2 Å². The second kappa shape index (κ2) is 8.18. The first kappa shape index (κ1) is 20.4. The van der Waals surface area contributed by atoms with Gasteiger partial charge in [-0.05, 0) is 61.9 Å². The Bertz CT molecular complexity index is 1160. The third-order valence-corrected chi connectivity index (χ3v) is 6.46. The number of benzene rings is 1. The number of amides is 2. The van der Waals surface area contributed by atoms with Crippen LogP contribution in [0.15, 0.2) is 43.1 Å². The minimum Gasteiger partial charge on any atom is -0.493 e. The van der Waals surface area contributed by atoms with Crippen LogP contribution in [0.25, 0.3) is 16.9 Å². The molecule has 1 saturated carbocycles. The lowest BCUT2D eigenvalue weighted by atomic mass is 9.94. The van der Waals surface area contributed by atoms with Gasteiger partial charge >= 0.3 is 0 Å². The van der Waals surface area contributed by atoms with Crippen molar-refractivity contribution in [2.75, 3.05) is 19.7 Å². The van der Waals surface area contributed by atoms with E-state index in [-0.39, 0.29) is 11.8 Å². The standard InChI is InChI=1S/C24H27N5O3/c1-2-20(30)28-11-9-16(10-12-28)19-13-26-24-21(23(25)31)22(27-29(19)24)17-5-7-18(8-6-17)32-14-15-3-4-15/h2,5-8,13,15-16,27H,1,3-4,9-12,14H2,(H2,25,31). The highest BCUT2D eigenvalue weighted by Crippen LogP contribution is 2.33. The number of fused-ring (bicyclic) bond motifs is 1. The Labute approximate surface area is 186 Å². The van der Waals surface area contributed by atoms with Crippen LogP contribution in [-0.2, 0) is 4.79 Å². The molecule has 2 aromatic heterocycles. The zero-order valence-electron chi connectivity index (χ0n) is 17.9. The van der Waals surface area contributed by atoms with E-state index in [1.807, 2.05) is 33.7 Å². The number of nitrogens with one attached hydrogen (secondary N) is 1. The highest BCUT2D eigenvalue weighted by molar-refractivity contribution is 6.04. The quantitative estimate of drug-likeness (QED) is 0.559. The van der Waals surface area contributed by atoms with E-state index in [1.165, 1.54) is 18.9 Å². The Balaban J connectivity index is 1.42. The van der Waals surface area contributed by atoms with Gasteiger partial charge in [0.15, 0.2) is 5.65 Å². The van der Waals surface area contributed by atoms with E-state index in [4.69, 9.17) is 10.5 Å². The molecule has 0 bridgehead atoms. The Morgan fingerprint density at radius 1 is 1.19 bits per heavy atom. The number of carbonyl (C=O) groups is 2. The second-order valence-electron chi connectivity index (χ2n) is 8.65. The Morgan fingerprint density at radius 2 is 1.91 bits per heavy atom. The Kier molecular flexibility index (Phi) is 5.20. The summed E-state index contributed by atoms with van der Waals surface area (Å²) in [7, 11) is 0. The summed E-state index contributed by atoms with van der Waals surface area (Å²) in [5.41, 5.74) is 9.14. The predicted octanol–water partition coefficient (Wildman–Crippen LogP) is 3.11. The number of hydrogen-bond donors (Lipinski definition) is 2. The summed E-state index contributed by atoms with van der Waals surface area (Å²) < 4.78 is 7.68. The van der Waals surface area contributed by atoms with E-state index in [0.29, 0.717) is 35.9 Å². The average molecular weight is 434 g/mol. The van der Waals surface area contributed by atoms with Gasteiger partial charge < -0.3 is 15.4 Å². The Hall–Kier alpha value is -3.55. The summed E-state index contributed by atoms with van der Waals surface area (Å²) in [6.45, 7) is 5.66. The molecule has 0 atom stereocenters. The van der Waals surface area contributed by atoms with Crippen molar-refractivity contribution in [2.45, 2.75) is 31.6 Å². The van der Waals surface area contributed by atoms with Gasteiger partial charge in [0, 0.05) is 24.6 Å². The molecule has 2 fully saturated rings. The van der Waals surface area contributed by atoms with Crippen LogP contribution in [0.3, 0.4) is 0 Å². The fraction of sp³-hybridized carbons (Fsp3) is 0.375. The number of hydrogen-bond acceptors (Lipinski definition) is 4. The third-order valence-electron chi connectivity index (χ3n) is 6.46. The van der Waals surface area contributed by atoms with Crippen molar-refractivity contribution in [1.82, 2.24) is 19.5 Å². The molecule has 0 radical (unpaired) electrons. The molecule has 1 saturated heterocycles. The monoisotopic (exact) mass is 433 g/mol. The minimum absolute atomic E-state index is 0.0374. The zero-order chi connectivity index (χ0) is 22.2. The molecule has 1 aliphatic heterocycles. The SMILES string of the molecule is C=CC(=O)N1CCC(c2cnc3c(C(N)=O)c(-c4ccc(OCC5CC5)cc4)[nH]n23)CC1. The number of rotatable bonds is 7. The minimum atomic E-state index is -0.524. The van der Waals surface area contributed by atoms with Crippen LogP contribution in [0.5, 0.6) is 5.75 Å². The highest BCUT2D eigenvalue weighted by atomic mass is 16.5. The maximum absolute atomic E-state index is 12.3. The van der Waals surface area contributed by atoms with Gasteiger partial charge in [-0.1, -0.05) is 6.58 Å². The number of aromatic nitrogens is 3. The summed E-state index contributed by atoms with van der Waals surface area (Å²) in [5, 5.41) is 3.35. The number of carbonyl (C=O) groups excluding carboxylic acids is 2. The van der Waals surface area contributed by atoms with Gasteiger partial charge in [0.1, 0.15) is 11.3 Å². The van der Waals surface area contributed by atoms with Crippen molar-refractivity contribution in [1.29, 1.82) is 0 Å². The van der Waals surface area contributed by atoms with E-state index in [1.54, 1.807) is 6.20 Å². The third kappa shape index (κ3) is 3.77. The molecule has 3 aromatic rings. The number of imidazole rings is 1. The van der Waals surface area contributed by atoms with Crippen molar-refractivity contribution >= 4 is 17.5 Å². The topological polar surface area (TPSA) is 106 Å². The van der Waals surface area contributed by atoms with Crippen LogP contribution in [0.1, 0.15) is 47.7 Å². The lowest BCUT2D eigenvalue weighted by Crippen LogP contribution is -2.37. The molecular weight excluding hydrogens is 406 g/mol. The van der Waals surface area contributed by atoms with E-state index in [2.05, 4.69) is 16.7 Å². The number of piperidine rings is 1. The zero-order valence-corrected chi connectivity index (χ0v) is 17.9. The maximum Gasteiger partial charge on any atom is 0.254 e. The van der Waals surface area contributed by atoms with Gasteiger partial charge in [0.2, 0.25) is 5.91 Å². The molecule has 5 rings (SSSR count). The van der Waals surface area contributed by atoms with Crippen LogP contribution in [0.4, 0.5) is 0 Å². The van der Waals surface area contributed by atoms with Gasteiger partial charge in [-0.3, -0.25) is 14.7 Å². The largest absolute Gasteiger partial charge is 0.493 e. The van der Waals surface area contributed by atoms with Crippen LogP contribution < -0.4 is 10.5 Å². The number of ether oxygens (including phenoxy) is 1. The highest BCUT2D eigenvalue weighted by Gasteiger charge is 2.28. The van der Waals surface area contributed by atoms with E-state index < -0.39 is 5.91 Å². The molecule has 8 nitrogen and oxygen atoms in total. The summed E-state index contributed by atoms with van der Waals surface area (Å²) in [5.74, 6) is 1.17. The second-order valence-corrected chi connectivity index (χ2v) is 8.65. The van der Waals surface area contributed by atoms with Gasteiger partial charge in [0.25, 0.3) is 5.91 Å². The molecule has 166 valence electrons. The number of primary amides is 1. The number of nitrogens with zero attached hydrogens (tertiary/aromatic N) is 3. The molecule has 1 aromatic carbocycles. The molecule has 3 N–H and O–H groups in total. The van der Waals surface area contributed by atoms with Crippen molar-refractivity contribution < 1.29 is 14.3 Å². The molecule has 1 aliphatic carbocycles. The van der Waals surface area contributed by atoms with Crippen molar-refractivity contribution in [3.63, 3.8) is 0 Å². The number of nitrogens with two attached hydrogens (primary N) is 1. The first-order valence-corrected chi connectivity index (χ1v) is 11.1. The maximum atomic E-state index is 12.3. The fourth-order valence-corrected chi connectivity index (χ4v) is 4.41. The molecule has 0 unspecified atom stereocenters. The number of H-pyrrole nitrogens is 1. The van der Waals surface area contributed by atoms with Gasteiger partial charge in [-0.2, -0.15) is 0 Å². The van der Waals surface area contributed by atoms with Crippen LogP contribution in [-0.4, -0.2) is 51.0 Å². The fourth-order valence-electron chi connectivity index (χ4n) is 4.41. The summed E-state index contributed by atoms with van der Waals surface area (Å²) in [6.07, 6.45) is 7.28. The van der Waals surface area contributed by atoms with Gasteiger partial charge in [-0.25, -0.2) is 9.50 Å². The van der Waals surface area contributed by atoms with Crippen molar-refractivity contribution in [3.05, 3.63) is 54.4 Å². The van der Waals surface area contributed by atoms with E-state index in [0.717, 1.165) is 36.5 Å². The normalized spacial score (nSPS) is 16.9. The first-order chi connectivity index (χ1) is 15.5. The molecular formula is C24H27N5O3. The van der Waals surface area contributed by atoms with Gasteiger partial charge in [-0.15, -0.1) is 0 Å². The molecule has 2 amide bonds. The summed E-state index contributed by atoms with van der Waals surface area (Å²) >= 11 is 0. The number of aromatic amines is 1. The smallest absolute Gasteiger partial charge is 0.254 e. The van der Waals surface area contributed by atoms with Crippen molar-refractivity contribution in [3.8, 4) is 17.0 Å². The molecule has 32 heavy (non-hydrogen) atoms. The number of likely N-dealkylation sites (tertiary alicyclic amines) is 1. The average Bonchev–Trinajstić information content (AvgIpc) is 3.44. The molecule has 2 aliphatic rings. The van der Waals surface area contributed by atoms with E-state index >= 15 is 0 Å². The van der Waals surface area contributed by atoms with Crippen LogP contribution >= 0.6 is 0 Å². The van der Waals surface area contributed by atoms with Crippen LogP contribution in [0.2, 0.25) is 0 Å². The molecule has 3 heterocycles. The predicted molar refractivity (Wildman–Crippen MR) is 120 cm³/mol. The lowest BCUT2D eigenvalue weighted by Gasteiger charge is -2.30. The summed E-state index contributed by atoms with van der Waals surface area (Å²) in [4.78, 5) is 30.5. The molecule has 8 heteroatoms. The lowest BCUT2D eigenvalue weighted by molar-refractivity contribution is -0.127. The molecule has 0 spiro atoms. The van der Waals surface area contributed by atoms with Crippen LogP contribution in [0, 0.1) is 5.92 Å². The summed E-state index contributed by atoms with van der Waals surface area (Å²) in [6, 6.07) is 7.69.